The summed E-state index contributed by atoms with van der Waals surface area (Å²) in [6.45, 7) is 2.72. The number of rotatable bonds is 4. The number of aliphatic hydroxyl groups is 3. The minimum Gasteiger partial charge on any atom is -0.478 e. The predicted octanol–water partition coefficient (Wildman–Crippen LogP) is -0.383. The van der Waals surface area contributed by atoms with Gasteiger partial charge in [0.2, 0.25) is 0 Å². The van der Waals surface area contributed by atoms with Gasteiger partial charge in [-0.25, -0.2) is 4.79 Å². The summed E-state index contributed by atoms with van der Waals surface area (Å²) in [6, 6.07) is 0. The van der Waals surface area contributed by atoms with Gasteiger partial charge in [-0.15, -0.1) is 0 Å². The molecule has 84 valence electrons. The normalized spacial score (nSPS) is 10.9. The molecule has 0 aliphatic rings. The average molecular weight is 206 g/mol. The summed E-state index contributed by atoms with van der Waals surface area (Å²) in [5, 5.41) is 33.2. The molecular weight excluding hydrogens is 188 g/mol. The molecule has 0 atom stereocenters. The summed E-state index contributed by atoms with van der Waals surface area (Å²) >= 11 is 0. The second-order valence-corrected chi connectivity index (χ2v) is 3.12. The van der Waals surface area contributed by atoms with E-state index in [1.807, 2.05) is 0 Å². The maximum atomic E-state index is 9.51. The summed E-state index contributed by atoms with van der Waals surface area (Å²) in [6.07, 6.45) is 2.56. The van der Waals surface area contributed by atoms with E-state index >= 15 is 0 Å². The van der Waals surface area contributed by atoms with Crippen molar-refractivity contribution in [3.05, 3.63) is 12.2 Å². The van der Waals surface area contributed by atoms with Crippen LogP contribution in [0.15, 0.2) is 12.2 Å². The van der Waals surface area contributed by atoms with Gasteiger partial charge in [0.15, 0.2) is 0 Å². The smallest absolute Gasteiger partial charge is 0.327 e. The molecule has 0 amide bonds. The number of carbonyl (C=O) groups is 1. The van der Waals surface area contributed by atoms with E-state index in [9.17, 15) is 4.79 Å². The van der Waals surface area contributed by atoms with E-state index in [-0.39, 0.29) is 19.8 Å². The minimum atomic E-state index is -0.891. The van der Waals surface area contributed by atoms with Crippen molar-refractivity contribution < 1.29 is 25.2 Å². The number of aliphatic carboxylic acids is 1. The van der Waals surface area contributed by atoms with Gasteiger partial charge in [-0.05, 0) is 6.92 Å². The van der Waals surface area contributed by atoms with Crippen LogP contribution in [0.1, 0.15) is 13.8 Å². The molecule has 0 bridgehead atoms. The highest BCUT2D eigenvalue weighted by Crippen LogP contribution is 2.10. The van der Waals surface area contributed by atoms with E-state index < -0.39 is 11.4 Å². The van der Waals surface area contributed by atoms with Crippen molar-refractivity contribution in [3.63, 3.8) is 0 Å². The maximum Gasteiger partial charge on any atom is 0.327 e. The fourth-order valence-corrected chi connectivity index (χ4v) is 0.293. The molecule has 0 aromatic heterocycles. The monoisotopic (exact) mass is 206 g/mol. The number of hydrogen-bond acceptors (Lipinski definition) is 4. The van der Waals surface area contributed by atoms with Crippen molar-refractivity contribution >= 4 is 5.97 Å². The molecular formula is C9H18O5. The number of hydrogen-bond donors (Lipinski definition) is 4. The largest absolute Gasteiger partial charge is 0.478 e. The number of carboxylic acids is 1. The van der Waals surface area contributed by atoms with Gasteiger partial charge < -0.3 is 20.4 Å². The lowest BCUT2D eigenvalue weighted by molar-refractivity contribution is -0.131. The molecule has 0 aliphatic carbocycles. The Balaban J connectivity index is 0. The number of aliphatic hydroxyl groups excluding tert-OH is 3. The van der Waals surface area contributed by atoms with Crippen LogP contribution in [0.5, 0.6) is 0 Å². The third-order valence-electron chi connectivity index (χ3n) is 1.45. The zero-order valence-corrected chi connectivity index (χ0v) is 8.47. The topological polar surface area (TPSA) is 98.0 Å². The molecule has 14 heavy (non-hydrogen) atoms. The molecule has 0 heterocycles. The van der Waals surface area contributed by atoms with Gasteiger partial charge in [-0.2, -0.15) is 0 Å². The van der Waals surface area contributed by atoms with Crippen molar-refractivity contribution in [1.82, 2.24) is 0 Å². The maximum absolute atomic E-state index is 9.51. The van der Waals surface area contributed by atoms with Crippen LogP contribution in [0.3, 0.4) is 0 Å². The molecule has 5 nitrogen and oxygen atoms in total. The summed E-state index contributed by atoms with van der Waals surface area (Å²) in [5.74, 6) is -0.891. The van der Waals surface area contributed by atoms with E-state index in [1.165, 1.54) is 6.08 Å². The Morgan fingerprint density at radius 1 is 1.21 bits per heavy atom. The lowest BCUT2D eigenvalue weighted by Gasteiger charge is -2.20. The molecule has 0 fully saturated rings. The molecule has 0 saturated heterocycles. The van der Waals surface area contributed by atoms with Gasteiger partial charge in [0.25, 0.3) is 0 Å². The molecule has 0 radical (unpaired) electrons. The van der Waals surface area contributed by atoms with E-state index in [4.69, 9.17) is 20.4 Å². The number of carboxylic acid groups (broad SMARTS) is 1. The Morgan fingerprint density at radius 2 is 1.57 bits per heavy atom. The molecule has 0 rings (SSSR count). The van der Waals surface area contributed by atoms with Crippen LogP contribution in [0.4, 0.5) is 0 Å². The lowest BCUT2D eigenvalue weighted by Crippen LogP contribution is -2.29. The Bertz CT molecular complexity index is 164. The Hall–Kier alpha value is -0.910. The van der Waals surface area contributed by atoms with Crippen LogP contribution < -0.4 is 0 Å². The third-order valence-corrected chi connectivity index (χ3v) is 1.45. The van der Waals surface area contributed by atoms with Gasteiger partial charge >= 0.3 is 5.97 Å². The van der Waals surface area contributed by atoms with Crippen molar-refractivity contribution in [2.24, 2.45) is 5.41 Å². The van der Waals surface area contributed by atoms with Crippen LogP contribution in [0.25, 0.3) is 0 Å². The van der Waals surface area contributed by atoms with Crippen LogP contribution in [-0.4, -0.2) is 46.2 Å². The van der Waals surface area contributed by atoms with Crippen LogP contribution in [0, 0.1) is 5.41 Å². The van der Waals surface area contributed by atoms with E-state index in [2.05, 4.69) is 0 Å². The van der Waals surface area contributed by atoms with Crippen molar-refractivity contribution in [3.8, 4) is 0 Å². The standard InChI is InChI=1S/C5H12O3.C4H6O2/c1-5(2-6,3-7)4-8;1-2-3-4(5)6/h6-8H,2-4H2,1H3;2-3H,1H3,(H,5,6). The summed E-state index contributed by atoms with van der Waals surface area (Å²) < 4.78 is 0. The number of allylic oxidation sites excluding steroid dienone is 1. The Kier molecular flexibility index (Phi) is 9.64. The van der Waals surface area contributed by atoms with Crippen LogP contribution in [0.2, 0.25) is 0 Å². The first kappa shape index (κ1) is 15.6. The van der Waals surface area contributed by atoms with Crippen molar-refractivity contribution in [1.29, 1.82) is 0 Å². The summed E-state index contributed by atoms with van der Waals surface area (Å²) in [7, 11) is 0. The zero-order chi connectivity index (χ0) is 11.6. The summed E-state index contributed by atoms with van der Waals surface area (Å²) in [4.78, 5) is 9.51. The van der Waals surface area contributed by atoms with Gasteiger partial charge in [-0.1, -0.05) is 13.0 Å². The van der Waals surface area contributed by atoms with Gasteiger partial charge in [0, 0.05) is 11.5 Å². The SMILES string of the molecule is CC(CO)(CO)CO.CC=CC(=O)O. The highest BCUT2D eigenvalue weighted by atomic mass is 16.4. The molecule has 0 aromatic carbocycles. The van der Waals surface area contributed by atoms with E-state index in [0.717, 1.165) is 6.08 Å². The predicted molar refractivity (Wildman–Crippen MR) is 51.8 cm³/mol. The van der Waals surface area contributed by atoms with Gasteiger partial charge in [0.1, 0.15) is 0 Å². The molecule has 0 aromatic rings. The minimum absolute atomic E-state index is 0.181. The highest BCUT2D eigenvalue weighted by Gasteiger charge is 2.20. The van der Waals surface area contributed by atoms with Crippen LogP contribution >= 0.6 is 0 Å². The molecule has 0 spiro atoms. The van der Waals surface area contributed by atoms with Crippen molar-refractivity contribution in [2.45, 2.75) is 13.8 Å². The fraction of sp³-hybridized carbons (Fsp3) is 0.667. The third kappa shape index (κ3) is 9.18. The fourth-order valence-electron chi connectivity index (χ4n) is 0.293. The zero-order valence-electron chi connectivity index (χ0n) is 8.47. The second kappa shape index (κ2) is 8.68. The highest BCUT2D eigenvalue weighted by molar-refractivity contribution is 5.79. The molecule has 5 heteroatoms. The summed E-state index contributed by atoms with van der Waals surface area (Å²) in [5.41, 5.74) is -0.708. The lowest BCUT2D eigenvalue weighted by atomic mass is 9.95. The first-order valence-corrected chi connectivity index (χ1v) is 4.14. The van der Waals surface area contributed by atoms with E-state index in [0.29, 0.717) is 0 Å². The quantitative estimate of drug-likeness (QED) is 0.470. The molecule has 0 unspecified atom stereocenters. The molecule has 0 aliphatic heterocycles. The first-order chi connectivity index (χ1) is 6.45. The Morgan fingerprint density at radius 3 is 1.57 bits per heavy atom. The second-order valence-electron chi connectivity index (χ2n) is 3.12. The Labute approximate surface area is 83.3 Å². The van der Waals surface area contributed by atoms with Gasteiger partial charge in [0.05, 0.1) is 19.8 Å². The van der Waals surface area contributed by atoms with Crippen LogP contribution in [-0.2, 0) is 4.79 Å². The van der Waals surface area contributed by atoms with E-state index in [1.54, 1.807) is 13.8 Å². The van der Waals surface area contributed by atoms with Crippen molar-refractivity contribution in [2.75, 3.05) is 19.8 Å². The molecule has 4 N–H and O–H groups in total. The van der Waals surface area contributed by atoms with Gasteiger partial charge in [-0.3, -0.25) is 0 Å². The average Bonchev–Trinajstić information content (AvgIpc) is 2.17. The first-order valence-electron chi connectivity index (χ1n) is 4.14. The molecule has 0 saturated carbocycles.